The van der Waals surface area contributed by atoms with Crippen LogP contribution in [-0.4, -0.2) is 31.5 Å². The highest BCUT2D eigenvalue weighted by atomic mass is 16.5. The van der Waals surface area contributed by atoms with E-state index in [4.69, 9.17) is 9.15 Å². The van der Waals surface area contributed by atoms with Crippen LogP contribution in [0.15, 0.2) is 47.1 Å². The van der Waals surface area contributed by atoms with Gasteiger partial charge in [0.1, 0.15) is 12.4 Å². The minimum absolute atomic E-state index is 0.0352. The van der Waals surface area contributed by atoms with Crippen molar-refractivity contribution in [2.75, 3.05) is 24.6 Å². The highest BCUT2D eigenvalue weighted by Gasteiger charge is 2.22. The van der Waals surface area contributed by atoms with E-state index in [9.17, 15) is 9.59 Å². The van der Waals surface area contributed by atoms with Gasteiger partial charge in [-0.15, -0.1) is 0 Å². The summed E-state index contributed by atoms with van der Waals surface area (Å²) in [5.41, 5.74) is 0.809. The minimum atomic E-state index is -0.265. The van der Waals surface area contributed by atoms with Crippen LogP contribution in [0.3, 0.4) is 0 Å². The molecule has 0 saturated carbocycles. The lowest BCUT2D eigenvalue weighted by molar-refractivity contribution is -0.118. The molecule has 6 heteroatoms. The summed E-state index contributed by atoms with van der Waals surface area (Å²) in [6.07, 6.45) is 2.39. The number of carbonyl (C=O) groups excluding carboxylic acids is 2. The molecule has 1 aliphatic heterocycles. The number of hydrogen-bond acceptors (Lipinski definition) is 4. The van der Waals surface area contributed by atoms with Gasteiger partial charge in [-0.25, -0.2) is 0 Å². The van der Waals surface area contributed by atoms with Gasteiger partial charge in [0, 0.05) is 13.0 Å². The van der Waals surface area contributed by atoms with Crippen molar-refractivity contribution in [3.8, 4) is 5.75 Å². The molecule has 0 bridgehead atoms. The first-order valence-corrected chi connectivity index (χ1v) is 7.59. The largest absolute Gasteiger partial charge is 0.490 e. The lowest BCUT2D eigenvalue weighted by atomic mass is 10.2. The Morgan fingerprint density at radius 1 is 1.17 bits per heavy atom. The van der Waals surface area contributed by atoms with Crippen LogP contribution >= 0.6 is 0 Å². The van der Waals surface area contributed by atoms with Crippen molar-refractivity contribution in [1.29, 1.82) is 0 Å². The zero-order valence-electron chi connectivity index (χ0n) is 12.7. The first kappa shape index (κ1) is 15.1. The first-order valence-electron chi connectivity index (χ1n) is 7.59. The van der Waals surface area contributed by atoms with Crippen molar-refractivity contribution < 1.29 is 18.7 Å². The summed E-state index contributed by atoms with van der Waals surface area (Å²) in [5, 5.41) is 2.73. The average Bonchev–Trinajstić information content (AvgIpc) is 3.12. The fraction of sp³-hybridized carbons (Fsp3) is 0.294. The van der Waals surface area contributed by atoms with Gasteiger partial charge in [0.15, 0.2) is 5.76 Å². The van der Waals surface area contributed by atoms with Crippen LogP contribution in [-0.2, 0) is 4.79 Å². The van der Waals surface area contributed by atoms with Crippen LogP contribution in [0, 0.1) is 0 Å². The second-order valence-corrected chi connectivity index (χ2v) is 5.20. The van der Waals surface area contributed by atoms with Gasteiger partial charge in [-0.3, -0.25) is 9.59 Å². The third-order valence-corrected chi connectivity index (χ3v) is 3.63. The van der Waals surface area contributed by atoms with Crippen LogP contribution in [0.5, 0.6) is 5.75 Å². The van der Waals surface area contributed by atoms with E-state index in [1.165, 1.54) is 6.26 Å². The third-order valence-electron chi connectivity index (χ3n) is 3.63. The number of hydrogen-bond donors (Lipinski definition) is 1. The summed E-state index contributed by atoms with van der Waals surface area (Å²) in [5.74, 6) is 0.781. The van der Waals surface area contributed by atoms with Crippen molar-refractivity contribution in [1.82, 2.24) is 5.32 Å². The van der Waals surface area contributed by atoms with E-state index in [1.54, 1.807) is 17.0 Å². The number of nitrogens with one attached hydrogen (secondary N) is 1. The summed E-state index contributed by atoms with van der Waals surface area (Å²) >= 11 is 0. The van der Waals surface area contributed by atoms with Crippen molar-refractivity contribution in [2.24, 2.45) is 0 Å². The van der Waals surface area contributed by atoms with Gasteiger partial charge in [0.2, 0.25) is 5.91 Å². The SMILES string of the molecule is O=C(NCCCC(=O)N1CCOc2ccccc21)c1ccco1. The Labute approximate surface area is 134 Å². The van der Waals surface area contributed by atoms with Crippen molar-refractivity contribution in [3.63, 3.8) is 0 Å². The van der Waals surface area contributed by atoms with Gasteiger partial charge in [0.05, 0.1) is 18.5 Å². The Hall–Kier alpha value is -2.76. The maximum absolute atomic E-state index is 12.4. The zero-order chi connectivity index (χ0) is 16.1. The average molecular weight is 314 g/mol. The molecule has 1 aliphatic rings. The van der Waals surface area contributed by atoms with Crippen LogP contribution in [0.1, 0.15) is 23.4 Å². The number of fused-ring (bicyclic) bond motifs is 1. The van der Waals surface area contributed by atoms with Gasteiger partial charge in [0.25, 0.3) is 5.91 Å². The summed E-state index contributed by atoms with van der Waals surface area (Å²) < 4.78 is 10.5. The second-order valence-electron chi connectivity index (χ2n) is 5.20. The van der Waals surface area contributed by atoms with Crippen LogP contribution in [0.2, 0.25) is 0 Å². The van der Waals surface area contributed by atoms with Crippen molar-refractivity contribution >= 4 is 17.5 Å². The molecule has 1 N–H and O–H groups in total. The molecule has 0 unspecified atom stereocenters. The summed E-state index contributed by atoms with van der Waals surface area (Å²) in [4.78, 5) is 25.8. The Bertz CT molecular complexity index is 682. The standard InChI is InChI=1S/C17H18N2O4/c20-16(8-3-9-18-17(21)15-7-4-11-22-15)19-10-12-23-14-6-2-1-5-13(14)19/h1-2,4-7,11H,3,8-10,12H2,(H,18,21). The molecule has 0 aliphatic carbocycles. The summed E-state index contributed by atoms with van der Waals surface area (Å²) in [7, 11) is 0. The van der Waals surface area contributed by atoms with E-state index in [-0.39, 0.29) is 17.6 Å². The van der Waals surface area contributed by atoms with E-state index in [1.807, 2.05) is 24.3 Å². The van der Waals surface area contributed by atoms with Crippen molar-refractivity contribution in [3.05, 3.63) is 48.4 Å². The molecule has 3 rings (SSSR count). The molecule has 23 heavy (non-hydrogen) atoms. The van der Waals surface area contributed by atoms with E-state index in [0.29, 0.717) is 32.5 Å². The Morgan fingerprint density at radius 3 is 2.87 bits per heavy atom. The number of carbonyl (C=O) groups is 2. The van der Waals surface area contributed by atoms with Crippen LogP contribution < -0.4 is 15.0 Å². The number of amides is 2. The number of furan rings is 1. The predicted octanol–water partition coefficient (Wildman–Crippen LogP) is 2.22. The minimum Gasteiger partial charge on any atom is -0.490 e. The number of benzene rings is 1. The van der Waals surface area contributed by atoms with Gasteiger partial charge >= 0.3 is 0 Å². The number of nitrogens with zero attached hydrogens (tertiary/aromatic N) is 1. The van der Waals surface area contributed by atoms with E-state index in [0.717, 1.165) is 11.4 Å². The third kappa shape index (κ3) is 3.53. The molecule has 2 heterocycles. The van der Waals surface area contributed by atoms with Crippen LogP contribution in [0.25, 0.3) is 0 Å². The molecule has 6 nitrogen and oxygen atoms in total. The number of anilines is 1. The van der Waals surface area contributed by atoms with Gasteiger partial charge in [-0.05, 0) is 30.7 Å². The molecule has 0 atom stereocenters. The molecule has 0 saturated heterocycles. The Morgan fingerprint density at radius 2 is 2.04 bits per heavy atom. The van der Waals surface area contributed by atoms with Crippen LogP contribution in [0.4, 0.5) is 5.69 Å². The quantitative estimate of drug-likeness (QED) is 0.859. The fourth-order valence-electron chi connectivity index (χ4n) is 2.50. The Kier molecular flexibility index (Phi) is 4.61. The maximum atomic E-state index is 12.4. The van der Waals surface area contributed by atoms with Gasteiger partial charge < -0.3 is 19.4 Å². The number of para-hydroxylation sites is 2. The molecule has 0 radical (unpaired) electrons. The normalized spacial score (nSPS) is 13.1. The van der Waals surface area contributed by atoms with Gasteiger partial charge in [-0.1, -0.05) is 12.1 Å². The molecule has 1 aromatic heterocycles. The monoisotopic (exact) mass is 314 g/mol. The molecule has 0 spiro atoms. The highest BCUT2D eigenvalue weighted by molar-refractivity contribution is 5.95. The molecule has 1 aromatic carbocycles. The molecular weight excluding hydrogens is 296 g/mol. The van der Waals surface area contributed by atoms with Crippen molar-refractivity contribution in [2.45, 2.75) is 12.8 Å². The van der Waals surface area contributed by atoms with E-state index < -0.39 is 0 Å². The number of rotatable bonds is 5. The lowest BCUT2D eigenvalue weighted by Gasteiger charge is -2.29. The van der Waals surface area contributed by atoms with Gasteiger partial charge in [-0.2, -0.15) is 0 Å². The lowest BCUT2D eigenvalue weighted by Crippen LogP contribution is -2.38. The molecule has 2 amide bonds. The highest BCUT2D eigenvalue weighted by Crippen LogP contribution is 2.31. The molecular formula is C17H18N2O4. The predicted molar refractivity (Wildman–Crippen MR) is 84.6 cm³/mol. The Balaban J connectivity index is 1.48. The first-order chi connectivity index (χ1) is 11.3. The topological polar surface area (TPSA) is 71.8 Å². The van der Waals surface area contributed by atoms with E-state index in [2.05, 4.69) is 5.32 Å². The zero-order valence-corrected chi connectivity index (χ0v) is 12.7. The second kappa shape index (κ2) is 7.00. The molecule has 2 aromatic rings. The summed E-state index contributed by atoms with van der Waals surface area (Å²) in [6, 6.07) is 10.8. The molecule has 0 fully saturated rings. The maximum Gasteiger partial charge on any atom is 0.286 e. The van der Waals surface area contributed by atoms with E-state index >= 15 is 0 Å². The molecule has 120 valence electrons. The smallest absolute Gasteiger partial charge is 0.286 e. The fourth-order valence-corrected chi connectivity index (χ4v) is 2.50. The summed E-state index contributed by atoms with van der Waals surface area (Å²) in [6.45, 7) is 1.48. The number of ether oxygens (including phenoxy) is 1.